The topological polar surface area (TPSA) is 84.5 Å². The van der Waals surface area contributed by atoms with Gasteiger partial charge in [0.1, 0.15) is 0 Å². The number of alkyl halides is 9. The van der Waals surface area contributed by atoms with Gasteiger partial charge in [0.2, 0.25) is 0 Å². The monoisotopic (exact) mass is 1110 g/mol. The number of hydrogen-bond donors (Lipinski definition) is 3. The molecule has 6 aliphatic rings. The smallest absolute Gasteiger partial charge is 1.00 e. The summed E-state index contributed by atoms with van der Waals surface area (Å²) in [5.74, 6) is 1.67. The molecule has 3 N–H and O–H groups in total. The van der Waals surface area contributed by atoms with Crippen LogP contribution in [0.4, 0.5) is 39.5 Å². The van der Waals surface area contributed by atoms with Gasteiger partial charge in [-0.25, -0.2) is 11.5 Å². The van der Waals surface area contributed by atoms with Crippen LogP contribution in [0.1, 0.15) is 99.2 Å². The average Bonchev–Trinajstić information content (AvgIpc) is 4.17. The van der Waals surface area contributed by atoms with Crippen LogP contribution in [0.3, 0.4) is 0 Å². The van der Waals surface area contributed by atoms with Gasteiger partial charge in [0.15, 0.2) is 0 Å². The Bertz CT molecular complexity index is 2130. The Labute approximate surface area is 467 Å². The third-order valence-corrected chi connectivity index (χ3v) is 15.3. The summed E-state index contributed by atoms with van der Waals surface area (Å²) in [6.45, 7) is 26.5. The second kappa shape index (κ2) is 28.7. The fourth-order valence-electron chi connectivity index (χ4n) is 10.7. The van der Waals surface area contributed by atoms with Crippen molar-refractivity contribution in [3.63, 3.8) is 0 Å². The van der Waals surface area contributed by atoms with Gasteiger partial charge in [0.25, 0.3) is 6.17 Å². The Morgan fingerprint density at radius 2 is 0.789 bits per heavy atom. The van der Waals surface area contributed by atoms with E-state index in [0.29, 0.717) is 23.8 Å². The van der Waals surface area contributed by atoms with Crippen LogP contribution in [0, 0.1) is 30.4 Å². The maximum atomic E-state index is 12.8. The number of halogens is 10. The van der Waals surface area contributed by atoms with Crippen LogP contribution in [0.2, 0.25) is 20.5 Å². The Morgan fingerprint density at radius 1 is 0.500 bits per heavy atom. The third-order valence-electron chi connectivity index (χ3n) is 15.3. The Balaban J connectivity index is 0.000000227. The first-order valence-corrected chi connectivity index (χ1v) is 26.1. The zero-order valence-corrected chi connectivity index (χ0v) is 46.6. The second-order valence-corrected chi connectivity index (χ2v) is 21.1. The van der Waals surface area contributed by atoms with E-state index in [1.165, 1.54) is 49.2 Å². The molecular formula is C52H72B3ClF9MgN7O3. The summed E-state index contributed by atoms with van der Waals surface area (Å²) in [5, 5.41) is 29.1. The summed E-state index contributed by atoms with van der Waals surface area (Å²) in [5.41, 5.74) is 0.137. The summed E-state index contributed by atoms with van der Waals surface area (Å²) in [4.78, 5) is 17.1. The molecule has 0 aromatic heterocycles. The number of piperazine rings is 3. The first-order chi connectivity index (χ1) is 34.8. The first-order valence-electron chi connectivity index (χ1n) is 26.1. The maximum absolute atomic E-state index is 12.8. The Kier molecular flexibility index (Phi) is 24.9. The maximum Gasteiger partial charge on any atom is 2.00 e. The van der Waals surface area contributed by atoms with E-state index in [0.717, 1.165) is 108 Å². The molecule has 3 saturated carbocycles. The van der Waals surface area contributed by atoms with E-state index in [1.54, 1.807) is 37.9 Å². The summed E-state index contributed by atoms with van der Waals surface area (Å²) >= 11 is 0. The standard InChI is InChI=1S/2C17H24BF3N2O.C11H20BN3O.C7H4F3.ClH.Mg/c2*1-12-11-22(18(2)24)9-10-23(12)16(13-3-4-13)14-5-7-15(8-6-14)17(19,20)21;1-9-8-14(12(2)16)6-7-15(9)11(13-3)10-4-5-10;8-7(9,10)6-4-2-1-3-5-6;;/h2*5-8,12-13,16,24H,3-4,9-11H2,1-2H3;9-11,16H,4-8H2,1-2H3;2-5H;1H;/q;;;-1;;+2/p-1/t2*12-,16?;9-,11?;;;/m000.../s1. The van der Waals surface area contributed by atoms with Crippen molar-refractivity contribution in [2.75, 3.05) is 58.9 Å². The van der Waals surface area contributed by atoms with E-state index < -0.39 is 49.3 Å². The van der Waals surface area contributed by atoms with Gasteiger partial charge >= 0.3 is 62.7 Å². The van der Waals surface area contributed by atoms with Crippen molar-refractivity contribution < 1.29 is 67.0 Å². The van der Waals surface area contributed by atoms with Gasteiger partial charge in [0, 0.05) is 95.0 Å². The molecule has 3 aliphatic carbocycles. The van der Waals surface area contributed by atoms with E-state index >= 15 is 0 Å². The van der Waals surface area contributed by atoms with Crippen LogP contribution in [-0.2, 0) is 18.5 Å². The van der Waals surface area contributed by atoms with E-state index in [1.807, 2.05) is 16.4 Å². The fraction of sp³-hybridized carbons (Fsp3) is 0.635. The van der Waals surface area contributed by atoms with Crippen molar-refractivity contribution in [2.45, 2.75) is 135 Å². The van der Waals surface area contributed by atoms with Crippen molar-refractivity contribution in [1.29, 1.82) is 0 Å². The molecule has 3 saturated heterocycles. The second-order valence-electron chi connectivity index (χ2n) is 21.1. The van der Waals surface area contributed by atoms with E-state index in [9.17, 15) is 54.6 Å². The quantitative estimate of drug-likeness (QED) is 0.114. The van der Waals surface area contributed by atoms with Crippen molar-refractivity contribution in [1.82, 2.24) is 29.1 Å². The van der Waals surface area contributed by atoms with Crippen LogP contribution in [0.15, 0.2) is 72.8 Å². The molecule has 0 bridgehead atoms. The molecule has 9 rings (SSSR count). The molecule has 0 spiro atoms. The third kappa shape index (κ3) is 18.8. The summed E-state index contributed by atoms with van der Waals surface area (Å²) < 4.78 is 112. The van der Waals surface area contributed by atoms with E-state index in [4.69, 9.17) is 6.57 Å². The first kappa shape index (κ1) is 65.9. The van der Waals surface area contributed by atoms with Crippen molar-refractivity contribution >= 4 is 44.2 Å². The Morgan fingerprint density at radius 3 is 1.03 bits per heavy atom. The van der Waals surface area contributed by atoms with Gasteiger partial charge in [-0.15, -0.1) is 0 Å². The minimum atomic E-state index is -4.29. The van der Waals surface area contributed by atoms with Crippen LogP contribution in [0.25, 0.3) is 4.85 Å². The summed E-state index contributed by atoms with van der Waals surface area (Å²) in [6.07, 6.45) is -5.74. The SMILES string of the molecule is CB(O)N1CCN(C(c2ccc(C(F)(F)F)cc2)C2CC2)[C@@H](C)C1.CB(O)N1CCN(C(c2ccc(C(F)(F)F)cc2)C2CC2)[C@@H](C)C1.FC(F)(F)c1cc[c-]cc1.[C-]#[N+]C(C1CC1)N1CCN(B(C)O)C[C@@H]1C.[Cl-].[Mg+2]. The molecular weight excluding hydrogens is 1030 g/mol. The molecule has 3 aromatic carbocycles. The predicted molar refractivity (Wildman–Crippen MR) is 278 cm³/mol. The van der Waals surface area contributed by atoms with Crippen LogP contribution in [-0.4, -0.2) is 172 Å². The minimum Gasteiger partial charge on any atom is -1.00 e. The molecule has 6 fully saturated rings. The summed E-state index contributed by atoms with van der Waals surface area (Å²) in [7, 11) is -1.28. The number of hydrogen-bond acceptors (Lipinski definition) is 9. The summed E-state index contributed by atoms with van der Waals surface area (Å²) in [6, 6.07) is 19.6. The molecule has 3 heterocycles. The number of benzene rings is 3. The minimum absolute atomic E-state index is 0. The van der Waals surface area contributed by atoms with Gasteiger partial charge < -0.3 is 41.9 Å². The van der Waals surface area contributed by atoms with E-state index in [-0.39, 0.29) is 72.8 Å². The van der Waals surface area contributed by atoms with Gasteiger partial charge in [0.05, 0.1) is 11.1 Å². The molecule has 6 atom stereocenters. The molecule has 0 radical (unpaired) electrons. The van der Waals surface area contributed by atoms with Gasteiger partial charge in [-0.3, -0.25) is 14.6 Å². The molecule has 0 amide bonds. The van der Waals surface area contributed by atoms with Crippen LogP contribution in [0.5, 0.6) is 0 Å². The zero-order chi connectivity index (χ0) is 54.3. The normalized spacial score (nSPS) is 23.5. The Hall–Kier alpha value is -2.59. The van der Waals surface area contributed by atoms with Gasteiger partial charge in [-0.1, -0.05) is 29.8 Å². The van der Waals surface area contributed by atoms with Crippen LogP contribution < -0.4 is 12.4 Å². The fourth-order valence-corrected chi connectivity index (χ4v) is 10.7. The number of nitrogens with zero attached hydrogens (tertiary/aromatic N) is 7. The average molecular weight is 1110 g/mol. The molecule has 3 aliphatic heterocycles. The van der Waals surface area contributed by atoms with Gasteiger partial charge in [-0.05, 0) is 127 Å². The van der Waals surface area contributed by atoms with Crippen molar-refractivity contribution in [3.8, 4) is 0 Å². The molecule has 10 nitrogen and oxygen atoms in total. The number of rotatable bonds is 11. The van der Waals surface area contributed by atoms with Crippen molar-refractivity contribution in [2.24, 2.45) is 17.8 Å². The molecule has 3 unspecified atom stereocenters. The molecule has 76 heavy (non-hydrogen) atoms. The van der Waals surface area contributed by atoms with Gasteiger partial charge in [-0.2, -0.15) is 69.8 Å². The van der Waals surface area contributed by atoms with E-state index in [2.05, 4.69) is 51.2 Å². The molecule has 24 heteroatoms. The van der Waals surface area contributed by atoms with Crippen molar-refractivity contribution in [3.05, 3.63) is 118 Å². The predicted octanol–water partition coefficient (Wildman–Crippen LogP) is 6.43. The molecule has 3 aromatic rings. The molecule has 414 valence electrons. The largest absolute Gasteiger partial charge is 2.00 e. The zero-order valence-electron chi connectivity index (χ0n) is 44.4. The van der Waals surface area contributed by atoms with Crippen LogP contribution >= 0.6 is 0 Å².